The number of nitrogens with two attached hydrogens (primary N) is 1. The average molecular weight is 290 g/mol. The summed E-state index contributed by atoms with van der Waals surface area (Å²) in [6.45, 7) is 0.628. The molecule has 0 aromatic carbocycles. The van der Waals surface area contributed by atoms with Gasteiger partial charge in [0.05, 0.1) is 4.88 Å². The summed E-state index contributed by atoms with van der Waals surface area (Å²) < 4.78 is 1.09. The second-order valence-electron chi connectivity index (χ2n) is 2.67. The van der Waals surface area contributed by atoms with E-state index in [1.807, 2.05) is 5.38 Å². The minimum absolute atomic E-state index is 0.628. The van der Waals surface area contributed by atoms with Crippen molar-refractivity contribution in [3.8, 4) is 9.88 Å². The Labute approximate surface area is 98.1 Å². The summed E-state index contributed by atoms with van der Waals surface area (Å²) in [5.41, 5.74) is 5.45. The van der Waals surface area contributed by atoms with Crippen LogP contribution in [0.3, 0.4) is 0 Å². The molecule has 0 aliphatic rings. The lowest BCUT2D eigenvalue weighted by Gasteiger charge is -1.85. The third-order valence-electron chi connectivity index (χ3n) is 1.60. The van der Waals surface area contributed by atoms with Crippen molar-refractivity contribution in [2.75, 3.05) is 6.54 Å². The van der Waals surface area contributed by atoms with Crippen LogP contribution in [0.5, 0.6) is 0 Å². The van der Waals surface area contributed by atoms with E-state index in [1.54, 1.807) is 22.7 Å². The molecular formula is C8H8BrN3S2. The minimum atomic E-state index is 0.628. The standard InChI is InChI=1S/C8H8BrN3S2/c9-5-3-6(13-4-5)8-12-11-7(14-8)1-2-10/h3-4H,1-2,10H2. The molecule has 6 heteroatoms. The molecule has 2 aromatic rings. The van der Waals surface area contributed by atoms with Gasteiger partial charge < -0.3 is 5.73 Å². The van der Waals surface area contributed by atoms with Gasteiger partial charge in [-0.25, -0.2) is 0 Å². The fourth-order valence-corrected chi connectivity index (χ4v) is 3.34. The third kappa shape index (κ3) is 2.20. The van der Waals surface area contributed by atoms with Crippen LogP contribution in [-0.2, 0) is 6.42 Å². The summed E-state index contributed by atoms with van der Waals surface area (Å²) in [6, 6.07) is 2.05. The van der Waals surface area contributed by atoms with Crippen molar-refractivity contribution in [3.05, 3.63) is 20.9 Å². The SMILES string of the molecule is NCCc1nnc(-c2cc(Br)cs2)s1. The number of aromatic nitrogens is 2. The molecule has 3 nitrogen and oxygen atoms in total. The number of thiophene rings is 1. The summed E-state index contributed by atoms with van der Waals surface area (Å²) in [6.07, 6.45) is 0.810. The van der Waals surface area contributed by atoms with Gasteiger partial charge in [0.2, 0.25) is 0 Å². The monoisotopic (exact) mass is 289 g/mol. The van der Waals surface area contributed by atoms with Crippen LogP contribution in [0.2, 0.25) is 0 Å². The van der Waals surface area contributed by atoms with Gasteiger partial charge in [-0.3, -0.25) is 0 Å². The van der Waals surface area contributed by atoms with Gasteiger partial charge in [0.25, 0.3) is 0 Å². The Morgan fingerprint density at radius 1 is 1.43 bits per heavy atom. The van der Waals surface area contributed by atoms with E-state index in [-0.39, 0.29) is 0 Å². The zero-order valence-corrected chi connectivity index (χ0v) is 10.5. The second kappa shape index (κ2) is 4.48. The lowest BCUT2D eigenvalue weighted by atomic mass is 10.5. The fraction of sp³-hybridized carbons (Fsp3) is 0.250. The Hall–Kier alpha value is -0.300. The molecule has 0 unspecified atom stereocenters. The number of nitrogens with zero attached hydrogens (tertiary/aromatic N) is 2. The van der Waals surface area contributed by atoms with Crippen LogP contribution in [0.25, 0.3) is 9.88 Å². The van der Waals surface area contributed by atoms with E-state index in [1.165, 1.54) is 0 Å². The summed E-state index contributed by atoms with van der Waals surface area (Å²) in [5, 5.41) is 12.2. The Kier molecular flexibility index (Phi) is 3.27. The van der Waals surface area contributed by atoms with Crippen molar-refractivity contribution in [2.45, 2.75) is 6.42 Å². The first-order valence-electron chi connectivity index (χ1n) is 4.06. The van der Waals surface area contributed by atoms with Crippen molar-refractivity contribution in [1.82, 2.24) is 10.2 Å². The van der Waals surface area contributed by atoms with Gasteiger partial charge in [-0.1, -0.05) is 11.3 Å². The number of rotatable bonds is 3. The van der Waals surface area contributed by atoms with Gasteiger partial charge in [-0.05, 0) is 28.5 Å². The Balaban J connectivity index is 2.24. The molecule has 0 amide bonds. The van der Waals surface area contributed by atoms with Crippen LogP contribution in [-0.4, -0.2) is 16.7 Å². The smallest absolute Gasteiger partial charge is 0.157 e. The number of hydrogen-bond donors (Lipinski definition) is 1. The quantitative estimate of drug-likeness (QED) is 0.945. The molecule has 74 valence electrons. The molecule has 2 N–H and O–H groups in total. The van der Waals surface area contributed by atoms with Crippen LogP contribution in [0.1, 0.15) is 5.01 Å². The summed E-state index contributed by atoms with van der Waals surface area (Å²) in [4.78, 5) is 1.15. The van der Waals surface area contributed by atoms with Gasteiger partial charge in [-0.2, -0.15) is 0 Å². The average Bonchev–Trinajstić information content (AvgIpc) is 2.74. The predicted molar refractivity (Wildman–Crippen MR) is 63.7 cm³/mol. The molecule has 2 heterocycles. The first kappa shape index (κ1) is 10.2. The van der Waals surface area contributed by atoms with E-state index in [9.17, 15) is 0 Å². The predicted octanol–water partition coefficient (Wildman–Crippen LogP) is 2.53. The fourth-order valence-electron chi connectivity index (χ4n) is 1.00. The first-order chi connectivity index (χ1) is 6.79. The zero-order chi connectivity index (χ0) is 9.97. The van der Waals surface area contributed by atoms with Gasteiger partial charge in [-0.15, -0.1) is 21.5 Å². The molecule has 0 bridgehead atoms. The summed E-state index contributed by atoms with van der Waals surface area (Å²) in [7, 11) is 0. The maximum absolute atomic E-state index is 5.45. The normalized spacial score (nSPS) is 10.7. The molecule has 0 radical (unpaired) electrons. The Bertz CT molecular complexity index is 424. The molecule has 2 rings (SSSR count). The summed E-state index contributed by atoms with van der Waals surface area (Å²) >= 11 is 6.69. The molecule has 2 aromatic heterocycles. The van der Waals surface area contributed by atoms with E-state index in [4.69, 9.17) is 5.73 Å². The van der Waals surface area contributed by atoms with E-state index in [0.717, 1.165) is 25.8 Å². The van der Waals surface area contributed by atoms with Crippen molar-refractivity contribution in [2.24, 2.45) is 5.73 Å². The molecule has 0 spiro atoms. The summed E-state index contributed by atoms with van der Waals surface area (Å²) in [5.74, 6) is 0. The van der Waals surface area contributed by atoms with Crippen LogP contribution >= 0.6 is 38.6 Å². The van der Waals surface area contributed by atoms with Crippen LogP contribution in [0.15, 0.2) is 15.9 Å². The maximum atomic E-state index is 5.45. The van der Waals surface area contributed by atoms with E-state index in [0.29, 0.717) is 6.54 Å². The molecular weight excluding hydrogens is 282 g/mol. The van der Waals surface area contributed by atoms with Crippen LogP contribution in [0, 0.1) is 0 Å². The van der Waals surface area contributed by atoms with Gasteiger partial charge in [0.15, 0.2) is 5.01 Å². The van der Waals surface area contributed by atoms with Crippen molar-refractivity contribution < 1.29 is 0 Å². The molecule has 0 aliphatic heterocycles. The van der Waals surface area contributed by atoms with E-state index < -0.39 is 0 Å². The molecule has 0 saturated heterocycles. The number of halogens is 1. The van der Waals surface area contributed by atoms with E-state index in [2.05, 4.69) is 32.2 Å². The van der Waals surface area contributed by atoms with Gasteiger partial charge in [0.1, 0.15) is 5.01 Å². The first-order valence-corrected chi connectivity index (χ1v) is 6.55. The molecule has 0 atom stereocenters. The van der Waals surface area contributed by atoms with Crippen LogP contribution < -0.4 is 5.73 Å². The molecule has 14 heavy (non-hydrogen) atoms. The number of hydrogen-bond acceptors (Lipinski definition) is 5. The third-order valence-corrected chi connectivity index (χ3v) is 4.45. The highest BCUT2D eigenvalue weighted by atomic mass is 79.9. The lowest BCUT2D eigenvalue weighted by Crippen LogP contribution is -2.01. The van der Waals surface area contributed by atoms with Crippen molar-refractivity contribution >= 4 is 38.6 Å². The molecule has 0 fully saturated rings. The highest BCUT2D eigenvalue weighted by molar-refractivity contribution is 9.10. The minimum Gasteiger partial charge on any atom is -0.330 e. The topological polar surface area (TPSA) is 51.8 Å². The van der Waals surface area contributed by atoms with Gasteiger partial charge in [0, 0.05) is 16.3 Å². The van der Waals surface area contributed by atoms with Gasteiger partial charge >= 0.3 is 0 Å². The van der Waals surface area contributed by atoms with E-state index >= 15 is 0 Å². The van der Waals surface area contributed by atoms with Crippen molar-refractivity contribution in [1.29, 1.82) is 0 Å². The van der Waals surface area contributed by atoms with Crippen molar-refractivity contribution in [3.63, 3.8) is 0 Å². The highest BCUT2D eigenvalue weighted by Crippen LogP contribution is 2.31. The largest absolute Gasteiger partial charge is 0.330 e. The Morgan fingerprint density at radius 2 is 2.29 bits per heavy atom. The highest BCUT2D eigenvalue weighted by Gasteiger charge is 2.07. The molecule has 0 saturated carbocycles. The van der Waals surface area contributed by atoms with Crippen LogP contribution in [0.4, 0.5) is 0 Å². The second-order valence-corrected chi connectivity index (χ2v) is 5.56. The molecule has 0 aliphatic carbocycles. The maximum Gasteiger partial charge on any atom is 0.157 e. The lowest BCUT2D eigenvalue weighted by molar-refractivity contribution is 0.914. The Morgan fingerprint density at radius 3 is 2.93 bits per heavy atom. The zero-order valence-electron chi connectivity index (χ0n) is 7.24.